The van der Waals surface area contributed by atoms with Crippen LogP contribution in [0.4, 0.5) is 11.4 Å². The number of hydrogen-bond donors (Lipinski definition) is 1. The second-order valence-corrected chi connectivity index (χ2v) is 8.26. The number of benzene rings is 2. The minimum absolute atomic E-state index is 0.180. The molecule has 0 aliphatic heterocycles. The van der Waals surface area contributed by atoms with Crippen molar-refractivity contribution in [2.75, 3.05) is 22.4 Å². The van der Waals surface area contributed by atoms with E-state index in [1.807, 2.05) is 19.1 Å². The second kappa shape index (κ2) is 9.19. The molecule has 0 aromatic heterocycles. The molecule has 0 aliphatic carbocycles. The monoisotopic (exact) mass is 385 g/mol. The van der Waals surface area contributed by atoms with E-state index >= 15 is 0 Å². The molecule has 0 radical (unpaired) electrons. The lowest BCUT2D eigenvalue weighted by Gasteiger charge is -2.22. The molecule has 2 aromatic carbocycles. The summed E-state index contributed by atoms with van der Waals surface area (Å²) in [5.41, 5.74) is 3.18. The van der Waals surface area contributed by atoms with Crippen molar-refractivity contribution in [1.82, 2.24) is 0 Å². The first-order valence-electron chi connectivity index (χ1n) is 8.60. The van der Waals surface area contributed by atoms with Gasteiger partial charge in [0.15, 0.2) is 0 Å². The number of carbonyl (C=O) groups is 1. The summed E-state index contributed by atoms with van der Waals surface area (Å²) >= 11 is 0. The number of amides is 1. The Bertz CT molecular complexity index is 914. The van der Waals surface area contributed by atoms with E-state index in [0.29, 0.717) is 24.2 Å². The quantitative estimate of drug-likeness (QED) is 0.755. The molecule has 2 rings (SSSR count). The van der Waals surface area contributed by atoms with Crippen LogP contribution in [0.3, 0.4) is 0 Å². The van der Waals surface area contributed by atoms with E-state index in [-0.39, 0.29) is 18.9 Å². The fraction of sp³-hybridized carbons (Fsp3) is 0.300. The van der Waals surface area contributed by atoms with Crippen LogP contribution in [-0.4, -0.2) is 27.1 Å². The Kier molecular flexibility index (Phi) is 6.97. The number of aryl methyl sites for hydroxylation is 1. The van der Waals surface area contributed by atoms with Crippen LogP contribution in [0.15, 0.2) is 48.5 Å². The number of anilines is 2. The smallest absolute Gasteiger partial charge is 0.232 e. The molecule has 0 spiro atoms. The zero-order chi connectivity index (χ0) is 19.9. The summed E-state index contributed by atoms with van der Waals surface area (Å²) in [6.45, 7) is 2.17. The van der Waals surface area contributed by atoms with Crippen molar-refractivity contribution in [3.63, 3.8) is 0 Å². The molecular weight excluding hydrogens is 362 g/mol. The molecule has 0 saturated carbocycles. The van der Waals surface area contributed by atoms with Gasteiger partial charge in [0, 0.05) is 18.7 Å². The number of rotatable bonds is 8. The van der Waals surface area contributed by atoms with E-state index in [2.05, 4.69) is 11.4 Å². The number of hydrogen-bond acceptors (Lipinski definition) is 4. The second-order valence-electron chi connectivity index (χ2n) is 6.35. The van der Waals surface area contributed by atoms with Crippen molar-refractivity contribution >= 4 is 27.3 Å². The van der Waals surface area contributed by atoms with Gasteiger partial charge in [-0.1, -0.05) is 29.8 Å². The minimum Gasteiger partial charge on any atom is -0.326 e. The zero-order valence-corrected chi connectivity index (χ0v) is 16.3. The first-order chi connectivity index (χ1) is 12.8. The van der Waals surface area contributed by atoms with Gasteiger partial charge < -0.3 is 5.32 Å². The summed E-state index contributed by atoms with van der Waals surface area (Å²) in [7, 11) is -3.42. The Hall–Kier alpha value is -2.85. The standard InChI is InChI=1S/C20H23N3O3S/c1-16-5-11-19(12-6-16)23(27(2,25)26)15-3-4-20(24)22-18-9-7-17(8-10-18)13-14-21/h5-12H,3-4,13,15H2,1-2H3,(H,22,24). The molecule has 0 bridgehead atoms. The van der Waals surface area contributed by atoms with Crippen LogP contribution in [0, 0.1) is 18.3 Å². The lowest BCUT2D eigenvalue weighted by atomic mass is 10.1. The summed E-state index contributed by atoms with van der Waals surface area (Å²) in [4.78, 5) is 12.1. The largest absolute Gasteiger partial charge is 0.326 e. The summed E-state index contributed by atoms with van der Waals surface area (Å²) < 4.78 is 25.5. The zero-order valence-electron chi connectivity index (χ0n) is 15.5. The maximum atomic E-state index is 12.1. The predicted octanol–water partition coefficient (Wildman–Crippen LogP) is 3.25. The highest BCUT2D eigenvalue weighted by atomic mass is 32.2. The van der Waals surface area contributed by atoms with Gasteiger partial charge in [-0.05, 0) is 43.2 Å². The first-order valence-corrected chi connectivity index (χ1v) is 10.4. The molecule has 0 aliphatic rings. The maximum Gasteiger partial charge on any atom is 0.232 e. The normalized spacial score (nSPS) is 10.9. The van der Waals surface area contributed by atoms with Crippen molar-refractivity contribution in [3.05, 3.63) is 59.7 Å². The SMILES string of the molecule is Cc1ccc(N(CCCC(=O)Nc2ccc(CC#N)cc2)S(C)(=O)=O)cc1. The summed E-state index contributed by atoms with van der Waals surface area (Å²) in [6.07, 6.45) is 2.10. The fourth-order valence-corrected chi connectivity index (χ4v) is 3.57. The Balaban J connectivity index is 1.91. The van der Waals surface area contributed by atoms with Gasteiger partial charge in [-0.15, -0.1) is 0 Å². The molecule has 2 aromatic rings. The van der Waals surface area contributed by atoms with E-state index in [1.54, 1.807) is 36.4 Å². The van der Waals surface area contributed by atoms with E-state index < -0.39 is 10.0 Å². The fourth-order valence-electron chi connectivity index (χ4n) is 2.60. The van der Waals surface area contributed by atoms with Gasteiger partial charge in [0.1, 0.15) is 0 Å². The maximum absolute atomic E-state index is 12.1. The lowest BCUT2D eigenvalue weighted by molar-refractivity contribution is -0.116. The van der Waals surface area contributed by atoms with Crippen LogP contribution in [-0.2, 0) is 21.2 Å². The van der Waals surface area contributed by atoms with Crippen LogP contribution < -0.4 is 9.62 Å². The third-order valence-electron chi connectivity index (χ3n) is 4.01. The van der Waals surface area contributed by atoms with Crippen LogP contribution in [0.1, 0.15) is 24.0 Å². The van der Waals surface area contributed by atoms with Crippen molar-refractivity contribution in [3.8, 4) is 6.07 Å². The Morgan fingerprint density at radius 2 is 1.74 bits per heavy atom. The van der Waals surface area contributed by atoms with E-state index in [0.717, 1.165) is 17.4 Å². The molecule has 0 unspecified atom stereocenters. The van der Waals surface area contributed by atoms with Crippen LogP contribution in [0.5, 0.6) is 0 Å². The van der Waals surface area contributed by atoms with Gasteiger partial charge in [0.2, 0.25) is 15.9 Å². The molecule has 0 fully saturated rings. The topological polar surface area (TPSA) is 90.3 Å². The summed E-state index contributed by atoms with van der Waals surface area (Å²) in [5.74, 6) is -0.180. The predicted molar refractivity (Wildman–Crippen MR) is 107 cm³/mol. The van der Waals surface area contributed by atoms with Crippen LogP contribution in [0.25, 0.3) is 0 Å². The molecule has 7 heteroatoms. The number of nitrogens with zero attached hydrogens (tertiary/aromatic N) is 2. The van der Waals surface area contributed by atoms with Crippen LogP contribution >= 0.6 is 0 Å². The molecule has 1 amide bonds. The Morgan fingerprint density at radius 3 is 2.30 bits per heavy atom. The van der Waals surface area contributed by atoms with Gasteiger partial charge in [-0.25, -0.2) is 8.42 Å². The van der Waals surface area contributed by atoms with Gasteiger partial charge >= 0.3 is 0 Å². The van der Waals surface area contributed by atoms with Crippen molar-refractivity contribution in [2.24, 2.45) is 0 Å². The minimum atomic E-state index is -3.42. The molecule has 0 saturated heterocycles. The molecule has 27 heavy (non-hydrogen) atoms. The Morgan fingerprint density at radius 1 is 1.11 bits per heavy atom. The average molecular weight is 385 g/mol. The molecule has 142 valence electrons. The number of carbonyl (C=O) groups excluding carboxylic acids is 1. The van der Waals surface area contributed by atoms with Crippen molar-refractivity contribution < 1.29 is 13.2 Å². The number of sulfonamides is 1. The molecule has 0 heterocycles. The highest BCUT2D eigenvalue weighted by Crippen LogP contribution is 2.19. The van der Waals surface area contributed by atoms with E-state index in [9.17, 15) is 13.2 Å². The third-order valence-corrected chi connectivity index (χ3v) is 5.20. The highest BCUT2D eigenvalue weighted by Gasteiger charge is 2.17. The lowest BCUT2D eigenvalue weighted by Crippen LogP contribution is -2.31. The summed E-state index contributed by atoms with van der Waals surface area (Å²) in [5, 5.41) is 11.4. The van der Waals surface area contributed by atoms with E-state index in [1.165, 1.54) is 4.31 Å². The average Bonchev–Trinajstić information content (AvgIpc) is 2.61. The molecule has 6 nitrogen and oxygen atoms in total. The number of nitriles is 1. The van der Waals surface area contributed by atoms with Gasteiger partial charge in [-0.2, -0.15) is 5.26 Å². The van der Waals surface area contributed by atoms with E-state index in [4.69, 9.17) is 5.26 Å². The third kappa shape index (κ3) is 6.42. The van der Waals surface area contributed by atoms with Gasteiger partial charge in [0.25, 0.3) is 0 Å². The molecular formula is C20H23N3O3S. The number of nitrogens with one attached hydrogen (secondary N) is 1. The van der Waals surface area contributed by atoms with Crippen molar-refractivity contribution in [2.45, 2.75) is 26.2 Å². The first kappa shape index (κ1) is 20.5. The molecule has 0 atom stereocenters. The highest BCUT2D eigenvalue weighted by molar-refractivity contribution is 7.92. The molecule has 1 N–H and O–H groups in total. The van der Waals surface area contributed by atoms with Gasteiger partial charge in [-0.3, -0.25) is 9.10 Å². The van der Waals surface area contributed by atoms with Crippen molar-refractivity contribution in [1.29, 1.82) is 5.26 Å². The van der Waals surface area contributed by atoms with Gasteiger partial charge in [0.05, 0.1) is 24.4 Å². The van der Waals surface area contributed by atoms with Crippen LogP contribution in [0.2, 0.25) is 0 Å². The Labute approximate surface area is 160 Å². The summed E-state index contributed by atoms with van der Waals surface area (Å²) in [6, 6.07) is 16.4.